The van der Waals surface area contributed by atoms with Gasteiger partial charge in [0.25, 0.3) is 0 Å². The maximum atomic E-state index is 12.6. The molecule has 6 heteroatoms. The van der Waals surface area contributed by atoms with Gasteiger partial charge in [0.2, 0.25) is 15.9 Å². The van der Waals surface area contributed by atoms with Crippen LogP contribution < -0.4 is 9.62 Å². The Labute approximate surface area is 156 Å². The van der Waals surface area contributed by atoms with Crippen LogP contribution in [0.1, 0.15) is 29.2 Å². The molecule has 0 saturated heterocycles. The number of nitrogens with one attached hydrogen (secondary N) is 1. The van der Waals surface area contributed by atoms with Gasteiger partial charge < -0.3 is 4.90 Å². The molecule has 0 aliphatic heterocycles. The Hall–Kier alpha value is -2.18. The van der Waals surface area contributed by atoms with Crippen molar-refractivity contribution in [3.8, 4) is 0 Å². The van der Waals surface area contributed by atoms with E-state index in [1.165, 1.54) is 6.92 Å². The first-order chi connectivity index (χ1) is 12.1. The predicted molar refractivity (Wildman–Crippen MR) is 105 cm³/mol. The highest BCUT2D eigenvalue weighted by molar-refractivity contribution is 7.89. The summed E-state index contributed by atoms with van der Waals surface area (Å²) < 4.78 is 27.7. The fourth-order valence-corrected chi connectivity index (χ4v) is 4.19. The summed E-state index contributed by atoms with van der Waals surface area (Å²) in [5.41, 5.74) is 4.63. The van der Waals surface area contributed by atoms with Crippen LogP contribution in [-0.4, -0.2) is 27.4 Å². The summed E-state index contributed by atoms with van der Waals surface area (Å²) in [5, 5.41) is 0. The summed E-state index contributed by atoms with van der Waals surface area (Å²) in [5.74, 6) is -0.121. The third-order valence-corrected chi connectivity index (χ3v) is 6.12. The van der Waals surface area contributed by atoms with E-state index in [9.17, 15) is 13.2 Å². The summed E-state index contributed by atoms with van der Waals surface area (Å²) in [4.78, 5) is 13.9. The Morgan fingerprint density at radius 1 is 1.04 bits per heavy atom. The van der Waals surface area contributed by atoms with Crippen LogP contribution in [0.5, 0.6) is 0 Å². The topological polar surface area (TPSA) is 66.5 Å². The molecule has 140 valence electrons. The van der Waals surface area contributed by atoms with Crippen LogP contribution >= 0.6 is 0 Å². The first-order valence-electron chi connectivity index (χ1n) is 8.54. The van der Waals surface area contributed by atoms with Gasteiger partial charge in [-0.3, -0.25) is 4.79 Å². The van der Waals surface area contributed by atoms with Gasteiger partial charge in [-0.15, -0.1) is 0 Å². The summed E-state index contributed by atoms with van der Waals surface area (Å²) >= 11 is 0. The lowest BCUT2D eigenvalue weighted by atomic mass is 10.1. The van der Waals surface area contributed by atoms with Crippen molar-refractivity contribution >= 4 is 21.6 Å². The normalized spacial score (nSPS) is 11.4. The summed E-state index contributed by atoms with van der Waals surface area (Å²) in [6, 6.07) is 11.0. The Morgan fingerprint density at radius 2 is 1.73 bits per heavy atom. The average molecular weight is 375 g/mol. The minimum absolute atomic E-state index is 0.121. The molecule has 0 spiro atoms. The zero-order chi connectivity index (χ0) is 19.5. The number of hydrogen-bond acceptors (Lipinski definition) is 3. The zero-order valence-corrected chi connectivity index (χ0v) is 16.8. The molecule has 0 aromatic heterocycles. The second kappa shape index (κ2) is 8.01. The van der Waals surface area contributed by atoms with Crippen LogP contribution in [-0.2, 0) is 14.8 Å². The number of benzene rings is 2. The van der Waals surface area contributed by atoms with Gasteiger partial charge in [-0.05, 0) is 56.5 Å². The lowest BCUT2D eigenvalue weighted by Crippen LogP contribution is -2.38. The smallest absolute Gasteiger partial charge is 0.240 e. The Bertz CT molecular complexity index is 921. The van der Waals surface area contributed by atoms with Gasteiger partial charge in [0.15, 0.2) is 0 Å². The minimum Gasteiger partial charge on any atom is -0.311 e. The second-order valence-corrected chi connectivity index (χ2v) is 8.29. The zero-order valence-electron chi connectivity index (χ0n) is 16.0. The Morgan fingerprint density at radius 3 is 2.35 bits per heavy atom. The van der Waals surface area contributed by atoms with Crippen LogP contribution in [0.4, 0.5) is 5.69 Å². The van der Waals surface area contributed by atoms with Gasteiger partial charge in [0.1, 0.15) is 0 Å². The quantitative estimate of drug-likeness (QED) is 0.844. The van der Waals surface area contributed by atoms with Crippen LogP contribution in [0.15, 0.2) is 41.3 Å². The van der Waals surface area contributed by atoms with Crippen LogP contribution in [0.3, 0.4) is 0 Å². The molecule has 0 heterocycles. The SMILES string of the molecule is CC(=O)N(CCNS(=O)(=O)c1ccc(C)cc1C)c1cccc(C)c1C. The van der Waals surface area contributed by atoms with Gasteiger partial charge in [-0.1, -0.05) is 29.8 Å². The van der Waals surface area contributed by atoms with E-state index in [0.29, 0.717) is 5.56 Å². The molecule has 0 aliphatic carbocycles. The van der Waals surface area contributed by atoms with Crippen molar-refractivity contribution in [1.82, 2.24) is 4.72 Å². The minimum atomic E-state index is -3.62. The number of carbonyl (C=O) groups is 1. The van der Waals surface area contributed by atoms with E-state index in [2.05, 4.69) is 4.72 Å². The molecule has 0 bridgehead atoms. The van der Waals surface area contributed by atoms with Gasteiger partial charge in [-0.25, -0.2) is 13.1 Å². The fraction of sp³-hybridized carbons (Fsp3) is 0.350. The van der Waals surface area contributed by atoms with Crippen molar-refractivity contribution in [2.45, 2.75) is 39.5 Å². The summed E-state index contributed by atoms with van der Waals surface area (Å²) in [6.45, 7) is 9.54. The standard InChI is InChI=1S/C20H26N2O3S/c1-14-9-10-20(16(3)13-14)26(24,25)21-11-12-22(18(5)23)19-8-6-7-15(2)17(19)4/h6-10,13,21H,11-12H2,1-5H3. The highest BCUT2D eigenvalue weighted by atomic mass is 32.2. The summed E-state index contributed by atoms with van der Waals surface area (Å²) in [7, 11) is -3.62. The van der Waals surface area contributed by atoms with Crippen molar-refractivity contribution < 1.29 is 13.2 Å². The Balaban J connectivity index is 2.15. The lowest BCUT2D eigenvalue weighted by molar-refractivity contribution is -0.116. The first kappa shape index (κ1) is 20.1. The molecule has 2 rings (SSSR count). The van der Waals surface area contributed by atoms with E-state index in [0.717, 1.165) is 22.4 Å². The van der Waals surface area contributed by atoms with Crippen LogP contribution in [0.2, 0.25) is 0 Å². The van der Waals surface area contributed by atoms with Gasteiger partial charge in [-0.2, -0.15) is 0 Å². The highest BCUT2D eigenvalue weighted by Gasteiger charge is 2.19. The van der Waals surface area contributed by atoms with Crippen molar-refractivity contribution in [2.75, 3.05) is 18.0 Å². The van der Waals surface area contributed by atoms with Gasteiger partial charge in [0, 0.05) is 25.7 Å². The molecule has 0 unspecified atom stereocenters. The van der Waals surface area contributed by atoms with Crippen molar-refractivity contribution in [2.24, 2.45) is 0 Å². The molecule has 2 aromatic rings. The predicted octanol–water partition coefficient (Wildman–Crippen LogP) is 3.25. The molecule has 2 aromatic carbocycles. The maximum Gasteiger partial charge on any atom is 0.240 e. The van der Waals surface area contributed by atoms with Gasteiger partial charge in [0.05, 0.1) is 4.90 Å². The fourth-order valence-electron chi connectivity index (χ4n) is 2.95. The number of aryl methyl sites for hydroxylation is 3. The molecule has 26 heavy (non-hydrogen) atoms. The number of nitrogens with zero attached hydrogens (tertiary/aromatic N) is 1. The van der Waals surface area contributed by atoms with Gasteiger partial charge >= 0.3 is 0 Å². The molecular formula is C20H26N2O3S. The average Bonchev–Trinajstić information content (AvgIpc) is 2.54. The molecule has 0 atom stereocenters. The maximum absolute atomic E-state index is 12.6. The molecule has 1 amide bonds. The van der Waals surface area contributed by atoms with E-state index in [-0.39, 0.29) is 23.9 Å². The molecule has 0 saturated carbocycles. The van der Waals surface area contributed by atoms with Crippen molar-refractivity contribution in [3.05, 3.63) is 58.7 Å². The molecule has 5 nitrogen and oxygen atoms in total. The largest absolute Gasteiger partial charge is 0.311 e. The van der Waals surface area contributed by atoms with Crippen molar-refractivity contribution in [1.29, 1.82) is 0 Å². The van der Waals surface area contributed by atoms with Crippen LogP contribution in [0.25, 0.3) is 0 Å². The molecule has 0 fully saturated rings. The monoisotopic (exact) mass is 374 g/mol. The van der Waals surface area contributed by atoms with Crippen LogP contribution in [0, 0.1) is 27.7 Å². The molecule has 0 radical (unpaired) electrons. The molecular weight excluding hydrogens is 348 g/mol. The van der Waals surface area contributed by atoms with E-state index in [1.807, 2.05) is 45.0 Å². The third-order valence-electron chi connectivity index (χ3n) is 4.49. The number of hydrogen-bond donors (Lipinski definition) is 1. The van der Waals surface area contributed by atoms with E-state index >= 15 is 0 Å². The number of amides is 1. The third kappa shape index (κ3) is 4.51. The van der Waals surface area contributed by atoms with E-state index in [1.54, 1.807) is 24.0 Å². The summed E-state index contributed by atoms with van der Waals surface area (Å²) in [6.07, 6.45) is 0. The van der Waals surface area contributed by atoms with Crippen molar-refractivity contribution in [3.63, 3.8) is 0 Å². The Kier molecular flexibility index (Phi) is 6.21. The molecule has 0 aliphatic rings. The van der Waals surface area contributed by atoms with E-state index < -0.39 is 10.0 Å². The number of sulfonamides is 1. The first-order valence-corrected chi connectivity index (χ1v) is 10.0. The number of anilines is 1. The second-order valence-electron chi connectivity index (χ2n) is 6.56. The highest BCUT2D eigenvalue weighted by Crippen LogP contribution is 2.23. The lowest BCUT2D eigenvalue weighted by Gasteiger charge is -2.24. The number of rotatable bonds is 6. The molecule has 1 N–H and O–H groups in total. The van der Waals surface area contributed by atoms with E-state index in [4.69, 9.17) is 0 Å². The number of carbonyl (C=O) groups excluding carboxylic acids is 1.